The molecule has 7 nitrogen and oxygen atoms in total. The molecular weight excluding hydrogens is 564 g/mol. The van der Waals surface area contributed by atoms with Gasteiger partial charge in [-0.2, -0.15) is 0 Å². The molecule has 4 N–H and O–H groups in total. The second-order valence-corrected chi connectivity index (χ2v) is 17.5. The fraction of sp³-hybridized carbons (Fsp3) is 0.868. The first-order chi connectivity index (χ1) is 21.1. The number of unbranched alkanes of at least 4 members (excludes halogenated alkanes) is 4. The van der Waals surface area contributed by atoms with Crippen LogP contribution in [0.25, 0.3) is 0 Å². The average molecular weight is 627 g/mol. The number of fused-ring (bicyclic) bond motifs is 7. The van der Waals surface area contributed by atoms with Gasteiger partial charge in [-0.1, -0.05) is 66.4 Å². The number of carbonyl (C=O) groups excluding carboxylic acids is 3. The summed E-state index contributed by atoms with van der Waals surface area (Å²) in [7, 11) is 0. The SMILES string of the molecule is C[C@H]1[C@H](C)CC[C@]2(C)CC[C@]3(C)C(=CC(=O)[C@@H]4[C@@]5(C)CC[C@@H](O)[C@](C)(NC(=O)CCCCCCCC(=O)NO)[C@@H]5CC[C@]43C)[C@H]12. The van der Waals surface area contributed by atoms with Crippen LogP contribution in [0.1, 0.15) is 145 Å². The lowest BCUT2D eigenvalue weighted by molar-refractivity contribution is -0.194. The topological polar surface area (TPSA) is 116 Å². The molecule has 0 radical (unpaired) electrons. The van der Waals surface area contributed by atoms with Crippen molar-refractivity contribution in [1.82, 2.24) is 10.8 Å². The van der Waals surface area contributed by atoms with Crippen molar-refractivity contribution in [2.45, 2.75) is 156 Å². The fourth-order valence-corrected chi connectivity index (χ4v) is 12.1. The first-order valence-electron chi connectivity index (χ1n) is 18.3. The number of rotatable bonds is 9. The van der Waals surface area contributed by atoms with Gasteiger partial charge in [0.1, 0.15) is 0 Å². The fourth-order valence-electron chi connectivity index (χ4n) is 12.1. The van der Waals surface area contributed by atoms with E-state index >= 15 is 0 Å². The zero-order valence-electron chi connectivity index (χ0n) is 29.3. The number of hydrogen-bond donors (Lipinski definition) is 4. The Hall–Kier alpha value is -1.73. The maximum atomic E-state index is 14.6. The first kappa shape index (κ1) is 34.6. The van der Waals surface area contributed by atoms with Gasteiger partial charge in [0.15, 0.2) is 5.78 Å². The number of nitrogens with one attached hydrogen (secondary N) is 2. The average Bonchev–Trinajstić information content (AvgIpc) is 2.98. The van der Waals surface area contributed by atoms with Crippen LogP contribution in [-0.4, -0.2) is 39.6 Å². The molecule has 45 heavy (non-hydrogen) atoms. The minimum Gasteiger partial charge on any atom is -0.391 e. The van der Waals surface area contributed by atoms with Crippen LogP contribution in [0.3, 0.4) is 0 Å². The Bertz CT molecular complexity index is 1200. The predicted octanol–water partition coefficient (Wildman–Crippen LogP) is 7.29. The molecule has 5 aliphatic carbocycles. The summed E-state index contributed by atoms with van der Waals surface area (Å²) in [6.07, 6.45) is 14.5. The molecule has 7 heteroatoms. The summed E-state index contributed by atoms with van der Waals surface area (Å²) in [6, 6.07) is 0. The molecule has 5 rings (SSSR count). The second kappa shape index (κ2) is 12.4. The van der Waals surface area contributed by atoms with E-state index in [4.69, 9.17) is 5.21 Å². The Kier molecular flexibility index (Phi) is 9.52. The molecular formula is C38H62N2O5. The van der Waals surface area contributed by atoms with Crippen molar-refractivity contribution in [1.29, 1.82) is 0 Å². The smallest absolute Gasteiger partial charge is 0.243 e. The lowest BCUT2D eigenvalue weighted by atomic mass is 9.33. The van der Waals surface area contributed by atoms with Gasteiger partial charge in [0, 0.05) is 18.8 Å². The van der Waals surface area contributed by atoms with Crippen molar-refractivity contribution in [3.8, 4) is 0 Å². The van der Waals surface area contributed by atoms with Crippen LogP contribution in [-0.2, 0) is 14.4 Å². The van der Waals surface area contributed by atoms with E-state index in [1.165, 1.54) is 24.8 Å². The molecule has 4 saturated carbocycles. The quantitative estimate of drug-likeness (QED) is 0.122. The maximum absolute atomic E-state index is 14.6. The van der Waals surface area contributed by atoms with Gasteiger partial charge in [-0.3, -0.25) is 19.6 Å². The highest BCUT2D eigenvalue weighted by atomic mass is 16.5. The second-order valence-electron chi connectivity index (χ2n) is 17.5. The van der Waals surface area contributed by atoms with E-state index < -0.39 is 11.6 Å². The van der Waals surface area contributed by atoms with Gasteiger partial charge in [0.05, 0.1) is 11.6 Å². The molecule has 254 valence electrons. The minimum absolute atomic E-state index is 0.0212. The molecule has 0 saturated heterocycles. The highest BCUT2D eigenvalue weighted by Crippen LogP contribution is 2.74. The van der Waals surface area contributed by atoms with Crippen molar-refractivity contribution in [3.63, 3.8) is 0 Å². The van der Waals surface area contributed by atoms with E-state index in [-0.39, 0.29) is 45.3 Å². The molecule has 2 amide bonds. The summed E-state index contributed by atoms with van der Waals surface area (Å²) in [5.41, 5.74) is 2.15. The zero-order valence-corrected chi connectivity index (χ0v) is 29.3. The van der Waals surface area contributed by atoms with Crippen LogP contribution >= 0.6 is 0 Å². The predicted molar refractivity (Wildman–Crippen MR) is 176 cm³/mol. The molecule has 0 aliphatic heterocycles. The normalized spacial score (nSPS) is 45.7. The molecule has 0 spiro atoms. The standard InChI is InChI=1S/C38H62N2O5/c1-24-15-18-34(3)21-22-36(5)26(32(34)25(24)2)23-27(41)33-35(4)19-17-29(42)38(7,28(35)16-20-37(33,36)6)39-30(43)13-11-9-8-10-12-14-31(44)40-45/h23-25,28-29,32-33,42,45H,8-22H2,1-7H3,(H,39,43)(H,40,44)/t24-,25+,28-,29-,32+,33-,34-,35+,36-,37-,38-/m1/s1. The molecule has 0 aromatic rings. The summed E-state index contributed by atoms with van der Waals surface area (Å²) in [4.78, 5) is 39.1. The number of hydrogen-bond acceptors (Lipinski definition) is 5. The van der Waals surface area contributed by atoms with E-state index in [0.717, 1.165) is 57.8 Å². The molecule has 0 aromatic heterocycles. The van der Waals surface area contributed by atoms with E-state index in [1.54, 1.807) is 5.48 Å². The molecule has 0 aromatic carbocycles. The van der Waals surface area contributed by atoms with Crippen LogP contribution in [0.15, 0.2) is 11.6 Å². The monoisotopic (exact) mass is 626 g/mol. The number of ketones is 1. The molecule has 11 atom stereocenters. The van der Waals surface area contributed by atoms with Gasteiger partial charge in [-0.25, -0.2) is 5.48 Å². The van der Waals surface area contributed by atoms with E-state index in [2.05, 4.69) is 52.9 Å². The first-order valence-corrected chi connectivity index (χ1v) is 18.3. The van der Waals surface area contributed by atoms with Gasteiger partial charge in [0.25, 0.3) is 0 Å². The highest BCUT2D eigenvalue weighted by molar-refractivity contribution is 5.95. The molecule has 0 bridgehead atoms. The van der Waals surface area contributed by atoms with Crippen LogP contribution in [0.2, 0.25) is 0 Å². The Morgan fingerprint density at radius 1 is 0.844 bits per heavy atom. The van der Waals surface area contributed by atoms with Crippen molar-refractivity contribution in [2.24, 2.45) is 51.2 Å². The van der Waals surface area contributed by atoms with E-state index in [9.17, 15) is 19.5 Å². The lowest BCUT2D eigenvalue weighted by Crippen LogP contribution is -2.72. The van der Waals surface area contributed by atoms with Crippen LogP contribution < -0.4 is 10.8 Å². The van der Waals surface area contributed by atoms with E-state index in [0.29, 0.717) is 42.8 Å². The largest absolute Gasteiger partial charge is 0.391 e. The number of aliphatic hydroxyl groups excluding tert-OH is 1. The number of aliphatic hydroxyl groups is 1. The van der Waals surface area contributed by atoms with Crippen molar-refractivity contribution in [2.75, 3.05) is 0 Å². The molecule has 0 unspecified atom stereocenters. The number of allylic oxidation sites excluding steroid dienone is 2. The number of hydroxylamine groups is 1. The lowest BCUT2D eigenvalue weighted by Gasteiger charge is -2.70. The van der Waals surface area contributed by atoms with E-state index in [1.807, 2.05) is 6.92 Å². The molecule has 5 aliphatic rings. The Balaban J connectivity index is 1.34. The maximum Gasteiger partial charge on any atom is 0.243 e. The minimum atomic E-state index is -0.771. The number of amides is 2. The van der Waals surface area contributed by atoms with Crippen LogP contribution in [0.4, 0.5) is 0 Å². The van der Waals surface area contributed by atoms with Gasteiger partial charge in [-0.05, 0) is 123 Å². The molecule has 0 heterocycles. The Morgan fingerprint density at radius 2 is 1.49 bits per heavy atom. The summed E-state index contributed by atoms with van der Waals surface area (Å²) in [5.74, 6) is 1.53. The van der Waals surface area contributed by atoms with Crippen LogP contribution in [0.5, 0.6) is 0 Å². The Morgan fingerprint density at radius 3 is 2.16 bits per heavy atom. The molecule has 4 fully saturated rings. The third kappa shape index (κ3) is 5.54. The van der Waals surface area contributed by atoms with Crippen LogP contribution in [0, 0.1) is 51.2 Å². The van der Waals surface area contributed by atoms with Crippen molar-refractivity contribution >= 4 is 17.6 Å². The van der Waals surface area contributed by atoms with Crippen molar-refractivity contribution in [3.05, 3.63) is 11.6 Å². The van der Waals surface area contributed by atoms with Crippen molar-refractivity contribution < 1.29 is 24.7 Å². The van der Waals surface area contributed by atoms with Gasteiger partial charge in [0.2, 0.25) is 11.8 Å². The summed E-state index contributed by atoms with van der Waals surface area (Å²) in [5, 5.41) is 23.4. The van der Waals surface area contributed by atoms with Gasteiger partial charge in [-0.15, -0.1) is 0 Å². The third-order valence-corrected chi connectivity index (χ3v) is 15.1. The Labute approximate surface area is 272 Å². The summed E-state index contributed by atoms with van der Waals surface area (Å²) < 4.78 is 0. The third-order valence-electron chi connectivity index (χ3n) is 15.1. The number of carbonyl (C=O) groups is 3. The highest BCUT2D eigenvalue weighted by Gasteiger charge is 2.70. The van der Waals surface area contributed by atoms with Gasteiger partial charge >= 0.3 is 0 Å². The summed E-state index contributed by atoms with van der Waals surface area (Å²) in [6.45, 7) is 16.6. The summed E-state index contributed by atoms with van der Waals surface area (Å²) >= 11 is 0. The van der Waals surface area contributed by atoms with Gasteiger partial charge < -0.3 is 10.4 Å². The zero-order chi connectivity index (χ0) is 33.0.